The number of hydrogen-bond donors (Lipinski definition) is 0. The summed E-state index contributed by atoms with van der Waals surface area (Å²) >= 11 is 0. The van der Waals surface area contributed by atoms with Gasteiger partial charge in [0.1, 0.15) is 11.3 Å². The molecule has 4 heteroatoms. The van der Waals surface area contributed by atoms with Crippen molar-refractivity contribution in [2.75, 3.05) is 0 Å². The summed E-state index contributed by atoms with van der Waals surface area (Å²) in [4.78, 5) is 15.1. The fourth-order valence-corrected chi connectivity index (χ4v) is 6.55. The molecule has 0 N–H and O–H groups in total. The molecule has 0 saturated heterocycles. The smallest absolute Gasteiger partial charge is 0.164 e. The summed E-state index contributed by atoms with van der Waals surface area (Å²) < 4.78 is 6.23. The van der Waals surface area contributed by atoms with Crippen LogP contribution in [0.1, 0.15) is 17.7 Å². The number of nitrogens with zero attached hydrogens (tertiary/aromatic N) is 3. The van der Waals surface area contributed by atoms with E-state index in [1.165, 1.54) is 32.7 Å². The van der Waals surface area contributed by atoms with Crippen LogP contribution in [0.2, 0.25) is 0 Å². The van der Waals surface area contributed by atoms with Crippen molar-refractivity contribution in [2.24, 2.45) is 0 Å². The average Bonchev–Trinajstić information content (AvgIpc) is 3.51. The van der Waals surface area contributed by atoms with Crippen LogP contribution in [0, 0.1) is 0 Å². The third kappa shape index (κ3) is 4.42. The van der Waals surface area contributed by atoms with Crippen molar-refractivity contribution in [2.45, 2.75) is 12.8 Å². The number of hydrogen-bond acceptors (Lipinski definition) is 4. The van der Waals surface area contributed by atoms with Crippen LogP contribution in [0.5, 0.6) is 0 Å². The standard InChI is InChI=1S/C41H27N3O/c1-2-10-29(11-3-1)39-42-40(44-41(43-39)34-14-8-16-37-38(34)33-13-6-7-15-36(33)45-37)30-22-17-26(18-23-30)31-24-21-28-20-19-27-9-4-5-12-32(27)35(28)25-31/h1-5,7-12,14-25H,6,13H2. The normalized spacial score (nSPS) is 12.6. The molecule has 0 radical (unpaired) electrons. The second-order valence-corrected chi connectivity index (χ2v) is 11.5. The van der Waals surface area contributed by atoms with E-state index in [0.717, 1.165) is 51.8 Å². The van der Waals surface area contributed by atoms with E-state index in [4.69, 9.17) is 19.4 Å². The van der Waals surface area contributed by atoms with Gasteiger partial charge in [0.25, 0.3) is 0 Å². The maximum absolute atomic E-state index is 6.23. The molecule has 0 fully saturated rings. The van der Waals surface area contributed by atoms with Gasteiger partial charge >= 0.3 is 0 Å². The van der Waals surface area contributed by atoms with Crippen molar-refractivity contribution in [3.63, 3.8) is 0 Å². The van der Waals surface area contributed by atoms with Crippen molar-refractivity contribution in [1.82, 2.24) is 15.0 Å². The molecule has 45 heavy (non-hydrogen) atoms. The highest BCUT2D eigenvalue weighted by molar-refractivity contribution is 6.08. The first-order valence-electron chi connectivity index (χ1n) is 15.3. The van der Waals surface area contributed by atoms with Gasteiger partial charge in [-0.2, -0.15) is 0 Å². The molecule has 0 unspecified atom stereocenters. The number of fused-ring (bicyclic) bond motifs is 6. The second-order valence-electron chi connectivity index (χ2n) is 11.5. The first-order valence-corrected chi connectivity index (χ1v) is 15.3. The Hall–Kier alpha value is -5.87. The lowest BCUT2D eigenvalue weighted by atomic mass is 9.96. The van der Waals surface area contributed by atoms with E-state index in [-0.39, 0.29) is 0 Å². The summed E-state index contributed by atoms with van der Waals surface area (Å²) in [5.41, 5.74) is 7.26. The van der Waals surface area contributed by atoms with Crippen molar-refractivity contribution in [1.29, 1.82) is 0 Å². The zero-order valence-electron chi connectivity index (χ0n) is 24.4. The van der Waals surface area contributed by atoms with Crippen molar-refractivity contribution < 1.29 is 4.42 Å². The molecule has 0 spiro atoms. The Bertz CT molecular complexity index is 2420. The lowest BCUT2D eigenvalue weighted by molar-refractivity contribution is 0.595. The van der Waals surface area contributed by atoms with Gasteiger partial charge < -0.3 is 4.42 Å². The van der Waals surface area contributed by atoms with Crippen LogP contribution in [-0.2, 0) is 6.42 Å². The van der Waals surface area contributed by atoms with Crippen LogP contribution in [-0.4, -0.2) is 15.0 Å². The third-order valence-corrected chi connectivity index (χ3v) is 8.81. The fourth-order valence-electron chi connectivity index (χ4n) is 6.55. The fraction of sp³-hybridized carbons (Fsp3) is 0.0488. The molecule has 9 rings (SSSR count). The van der Waals surface area contributed by atoms with Crippen LogP contribution >= 0.6 is 0 Å². The van der Waals surface area contributed by atoms with Gasteiger partial charge in [-0.25, -0.2) is 15.0 Å². The summed E-state index contributed by atoms with van der Waals surface area (Å²) in [6.45, 7) is 0. The molecular weight excluding hydrogens is 550 g/mol. The topological polar surface area (TPSA) is 51.8 Å². The van der Waals surface area contributed by atoms with Gasteiger partial charge in [0.05, 0.1) is 0 Å². The predicted molar refractivity (Wildman–Crippen MR) is 184 cm³/mol. The minimum absolute atomic E-state index is 0.643. The van der Waals surface area contributed by atoms with Crippen LogP contribution in [0.4, 0.5) is 0 Å². The van der Waals surface area contributed by atoms with E-state index in [1.54, 1.807) is 0 Å². The Balaban J connectivity index is 1.17. The van der Waals surface area contributed by atoms with Gasteiger partial charge in [-0.3, -0.25) is 0 Å². The Kier molecular flexibility index (Phi) is 5.91. The molecule has 0 atom stereocenters. The molecule has 2 aromatic heterocycles. The van der Waals surface area contributed by atoms with Crippen molar-refractivity contribution in [3.05, 3.63) is 145 Å². The summed E-state index contributed by atoms with van der Waals surface area (Å²) in [7, 11) is 0. The first kappa shape index (κ1) is 25.6. The van der Waals surface area contributed by atoms with Crippen LogP contribution in [0.15, 0.2) is 138 Å². The van der Waals surface area contributed by atoms with Crippen molar-refractivity contribution in [3.8, 4) is 45.3 Å². The molecule has 0 bridgehead atoms. The lowest BCUT2D eigenvalue weighted by Gasteiger charge is -2.11. The average molecular weight is 578 g/mol. The van der Waals surface area contributed by atoms with Crippen LogP contribution in [0.3, 0.4) is 0 Å². The van der Waals surface area contributed by atoms with Crippen LogP contribution < -0.4 is 0 Å². The van der Waals surface area contributed by atoms with Gasteiger partial charge in [0.2, 0.25) is 0 Å². The monoisotopic (exact) mass is 577 g/mol. The zero-order chi connectivity index (χ0) is 29.7. The second kappa shape index (κ2) is 10.4. The summed E-state index contributed by atoms with van der Waals surface area (Å²) in [5.74, 6) is 2.87. The SMILES string of the molecule is C1=Cc2oc3cccc(-c4nc(-c5ccccc5)nc(-c5ccc(-c6ccc7ccc8ccccc8c7c6)cc5)n4)c3c2CC1. The largest absolute Gasteiger partial charge is 0.456 e. The minimum atomic E-state index is 0.643. The summed E-state index contributed by atoms with van der Waals surface area (Å²) in [6.07, 6.45) is 6.18. The lowest BCUT2D eigenvalue weighted by Crippen LogP contribution is -2.01. The minimum Gasteiger partial charge on any atom is -0.456 e. The van der Waals surface area contributed by atoms with E-state index in [1.807, 2.05) is 42.5 Å². The number of benzene rings is 6. The Morgan fingerprint density at radius 2 is 1.18 bits per heavy atom. The molecule has 0 aliphatic heterocycles. The molecular formula is C41H27N3O. The molecule has 8 aromatic rings. The molecule has 6 aromatic carbocycles. The molecule has 212 valence electrons. The maximum Gasteiger partial charge on any atom is 0.164 e. The Morgan fingerprint density at radius 3 is 2.02 bits per heavy atom. The van der Waals surface area contributed by atoms with Gasteiger partial charge in [0, 0.05) is 27.6 Å². The van der Waals surface area contributed by atoms with Crippen molar-refractivity contribution >= 4 is 38.6 Å². The highest BCUT2D eigenvalue weighted by Gasteiger charge is 2.21. The van der Waals surface area contributed by atoms with Gasteiger partial charge in [0.15, 0.2) is 17.5 Å². The van der Waals surface area contributed by atoms with E-state index in [2.05, 4.69) is 97.1 Å². The van der Waals surface area contributed by atoms with Gasteiger partial charge in [-0.05, 0) is 63.7 Å². The highest BCUT2D eigenvalue weighted by Crippen LogP contribution is 2.38. The Labute approximate surface area is 260 Å². The van der Waals surface area contributed by atoms with Crippen LogP contribution in [0.25, 0.3) is 83.9 Å². The molecule has 0 saturated carbocycles. The molecule has 2 heterocycles. The zero-order valence-corrected chi connectivity index (χ0v) is 24.4. The van der Waals surface area contributed by atoms with E-state index < -0.39 is 0 Å². The molecule has 4 nitrogen and oxygen atoms in total. The van der Waals surface area contributed by atoms with E-state index in [9.17, 15) is 0 Å². The van der Waals surface area contributed by atoms with Gasteiger partial charge in [-0.1, -0.05) is 121 Å². The number of aromatic nitrogens is 3. The van der Waals surface area contributed by atoms with E-state index >= 15 is 0 Å². The molecule has 1 aliphatic rings. The van der Waals surface area contributed by atoms with Gasteiger partial charge in [-0.15, -0.1) is 0 Å². The predicted octanol–water partition coefficient (Wildman–Crippen LogP) is 10.6. The summed E-state index contributed by atoms with van der Waals surface area (Å²) in [6, 6.07) is 44.5. The quantitative estimate of drug-likeness (QED) is 0.195. The molecule has 0 amide bonds. The first-order chi connectivity index (χ1) is 22.3. The number of allylic oxidation sites excluding steroid dienone is 1. The maximum atomic E-state index is 6.23. The summed E-state index contributed by atoms with van der Waals surface area (Å²) in [5, 5.41) is 6.11. The number of aryl methyl sites for hydroxylation is 1. The molecule has 1 aliphatic carbocycles. The Morgan fingerprint density at radius 1 is 0.511 bits per heavy atom. The third-order valence-electron chi connectivity index (χ3n) is 8.81. The highest BCUT2D eigenvalue weighted by atomic mass is 16.3. The van der Waals surface area contributed by atoms with E-state index in [0.29, 0.717) is 17.5 Å². The number of rotatable bonds is 4. The number of furan rings is 1.